The van der Waals surface area contributed by atoms with Gasteiger partial charge >= 0.3 is 5.97 Å². The van der Waals surface area contributed by atoms with Crippen LogP contribution in [0.4, 0.5) is 5.82 Å². The van der Waals surface area contributed by atoms with E-state index in [-0.39, 0.29) is 17.6 Å². The maximum Gasteiger partial charge on any atom is 0.361 e. The van der Waals surface area contributed by atoms with Gasteiger partial charge in [-0.3, -0.25) is 0 Å². The third-order valence-electron chi connectivity index (χ3n) is 3.48. The minimum absolute atomic E-state index is 0.0214. The van der Waals surface area contributed by atoms with Crippen molar-refractivity contribution in [1.29, 1.82) is 0 Å². The highest BCUT2D eigenvalue weighted by atomic mass is 16.5. The number of carbonyl (C=O) groups excluding carboxylic acids is 1. The van der Waals surface area contributed by atoms with Gasteiger partial charge in [0.1, 0.15) is 6.10 Å². The third-order valence-corrected chi connectivity index (χ3v) is 3.48. The molecule has 1 saturated carbocycles. The van der Waals surface area contributed by atoms with E-state index in [9.17, 15) is 4.79 Å². The van der Waals surface area contributed by atoms with E-state index in [0.29, 0.717) is 5.41 Å². The Morgan fingerprint density at radius 3 is 2.56 bits per heavy atom. The molecular formula is C13H19N3O2. The Hall–Kier alpha value is -1.65. The predicted molar refractivity (Wildman–Crippen MR) is 67.9 cm³/mol. The second-order valence-corrected chi connectivity index (χ2v) is 5.56. The van der Waals surface area contributed by atoms with Gasteiger partial charge in [0.25, 0.3) is 0 Å². The van der Waals surface area contributed by atoms with Gasteiger partial charge in [-0.2, -0.15) is 0 Å². The quantitative estimate of drug-likeness (QED) is 0.813. The number of nitrogens with two attached hydrogens (primary N) is 1. The van der Waals surface area contributed by atoms with Gasteiger partial charge < -0.3 is 10.5 Å². The molecule has 0 aromatic carbocycles. The standard InChI is InChI=1S/C13H19N3O2/c1-13(2)5-3-9(4-6-13)18-12(17)10-11(14)16-8-7-15-10/h7-9H,3-6H2,1-2H3,(H2,14,16). The molecule has 1 aromatic heterocycles. The van der Waals surface area contributed by atoms with Crippen molar-refractivity contribution < 1.29 is 9.53 Å². The summed E-state index contributed by atoms with van der Waals surface area (Å²) in [7, 11) is 0. The van der Waals surface area contributed by atoms with Crippen molar-refractivity contribution >= 4 is 11.8 Å². The lowest BCUT2D eigenvalue weighted by molar-refractivity contribution is 0.00899. The Labute approximate surface area is 107 Å². The van der Waals surface area contributed by atoms with Crippen molar-refractivity contribution in [3.8, 4) is 0 Å². The Morgan fingerprint density at radius 2 is 1.94 bits per heavy atom. The molecule has 0 radical (unpaired) electrons. The van der Waals surface area contributed by atoms with Crippen molar-refractivity contribution in [3.05, 3.63) is 18.1 Å². The first-order chi connectivity index (χ1) is 8.48. The van der Waals surface area contributed by atoms with Crippen molar-refractivity contribution in [2.75, 3.05) is 5.73 Å². The van der Waals surface area contributed by atoms with Crippen LogP contribution in [0.2, 0.25) is 0 Å². The van der Waals surface area contributed by atoms with E-state index in [0.717, 1.165) is 25.7 Å². The van der Waals surface area contributed by atoms with Crippen LogP contribution in [0.1, 0.15) is 50.0 Å². The molecule has 0 amide bonds. The summed E-state index contributed by atoms with van der Waals surface area (Å²) >= 11 is 0. The molecular weight excluding hydrogens is 230 g/mol. The van der Waals surface area contributed by atoms with E-state index < -0.39 is 5.97 Å². The molecule has 2 N–H and O–H groups in total. The highest BCUT2D eigenvalue weighted by Crippen LogP contribution is 2.36. The second-order valence-electron chi connectivity index (χ2n) is 5.56. The predicted octanol–water partition coefficient (Wildman–Crippen LogP) is 2.18. The summed E-state index contributed by atoms with van der Waals surface area (Å²) in [4.78, 5) is 19.6. The topological polar surface area (TPSA) is 78.1 Å². The number of aromatic nitrogens is 2. The third kappa shape index (κ3) is 2.97. The van der Waals surface area contributed by atoms with E-state index in [4.69, 9.17) is 10.5 Å². The Kier molecular flexibility index (Phi) is 3.50. The first-order valence-electron chi connectivity index (χ1n) is 6.25. The van der Waals surface area contributed by atoms with Crippen LogP contribution in [0.5, 0.6) is 0 Å². The van der Waals surface area contributed by atoms with Crippen molar-refractivity contribution in [3.63, 3.8) is 0 Å². The molecule has 0 saturated heterocycles. The van der Waals surface area contributed by atoms with Gasteiger partial charge in [-0.25, -0.2) is 14.8 Å². The Morgan fingerprint density at radius 1 is 1.33 bits per heavy atom. The van der Waals surface area contributed by atoms with Gasteiger partial charge in [0, 0.05) is 12.4 Å². The SMILES string of the molecule is CC1(C)CCC(OC(=O)c2nccnc2N)CC1. The maximum absolute atomic E-state index is 11.9. The van der Waals surface area contributed by atoms with E-state index in [1.165, 1.54) is 12.4 Å². The van der Waals surface area contributed by atoms with Gasteiger partial charge in [0.15, 0.2) is 11.5 Å². The lowest BCUT2D eigenvalue weighted by Crippen LogP contribution is -2.28. The molecule has 0 aliphatic heterocycles. The highest BCUT2D eigenvalue weighted by Gasteiger charge is 2.29. The zero-order chi connectivity index (χ0) is 13.2. The van der Waals surface area contributed by atoms with Crippen LogP contribution in [-0.2, 0) is 4.74 Å². The maximum atomic E-state index is 11.9. The molecule has 0 atom stereocenters. The number of hydrogen-bond acceptors (Lipinski definition) is 5. The van der Waals surface area contributed by atoms with Crippen molar-refractivity contribution in [1.82, 2.24) is 9.97 Å². The van der Waals surface area contributed by atoms with Gasteiger partial charge in [0.05, 0.1) is 0 Å². The molecule has 1 aromatic rings. The largest absolute Gasteiger partial charge is 0.458 e. The van der Waals surface area contributed by atoms with Gasteiger partial charge in [-0.1, -0.05) is 13.8 Å². The number of ether oxygens (including phenoxy) is 1. The smallest absolute Gasteiger partial charge is 0.361 e. The van der Waals surface area contributed by atoms with Crippen LogP contribution in [-0.4, -0.2) is 22.0 Å². The van der Waals surface area contributed by atoms with Crippen LogP contribution >= 0.6 is 0 Å². The summed E-state index contributed by atoms with van der Waals surface area (Å²) in [5, 5.41) is 0. The second kappa shape index (κ2) is 4.92. The Bertz CT molecular complexity index is 436. The van der Waals surface area contributed by atoms with E-state index in [1.54, 1.807) is 0 Å². The highest BCUT2D eigenvalue weighted by molar-refractivity contribution is 5.91. The number of esters is 1. The summed E-state index contributed by atoms with van der Waals surface area (Å²) < 4.78 is 5.43. The number of anilines is 1. The average molecular weight is 249 g/mol. The molecule has 0 spiro atoms. The average Bonchev–Trinajstić information content (AvgIpc) is 2.32. The monoisotopic (exact) mass is 249 g/mol. The van der Waals surface area contributed by atoms with E-state index in [1.807, 2.05) is 0 Å². The molecule has 0 bridgehead atoms. The zero-order valence-corrected chi connectivity index (χ0v) is 10.8. The summed E-state index contributed by atoms with van der Waals surface area (Å²) in [5.74, 6) is -0.344. The minimum atomic E-state index is -0.467. The normalized spacial score (nSPS) is 19.4. The molecule has 1 aliphatic rings. The van der Waals surface area contributed by atoms with E-state index >= 15 is 0 Å². The van der Waals surface area contributed by atoms with Gasteiger partial charge in [-0.05, 0) is 31.1 Å². The fourth-order valence-electron chi connectivity index (χ4n) is 2.20. The lowest BCUT2D eigenvalue weighted by Gasteiger charge is -2.33. The number of carbonyl (C=O) groups is 1. The number of nitrogen functional groups attached to an aromatic ring is 1. The van der Waals surface area contributed by atoms with Crippen molar-refractivity contribution in [2.45, 2.75) is 45.6 Å². The lowest BCUT2D eigenvalue weighted by atomic mass is 9.76. The summed E-state index contributed by atoms with van der Waals surface area (Å²) in [5.41, 5.74) is 6.06. The molecule has 5 nitrogen and oxygen atoms in total. The molecule has 5 heteroatoms. The minimum Gasteiger partial charge on any atom is -0.458 e. The first-order valence-corrected chi connectivity index (χ1v) is 6.25. The zero-order valence-electron chi connectivity index (χ0n) is 10.8. The van der Waals surface area contributed by atoms with Crippen molar-refractivity contribution in [2.24, 2.45) is 5.41 Å². The summed E-state index contributed by atoms with van der Waals surface area (Å²) in [6.45, 7) is 4.48. The molecule has 0 unspecified atom stereocenters. The van der Waals surface area contributed by atoms with Crippen LogP contribution in [0, 0.1) is 5.41 Å². The Balaban J connectivity index is 1.95. The molecule has 1 aliphatic carbocycles. The molecule has 98 valence electrons. The number of rotatable bonds is 2. The summed E-state index contributed by atoms with van der Waals surface area (Å²) in [6.07, 6.45) is 6.82. The molecule has 2 rings (SSSR count). The van der Waals surface area contributed by atoms with Gasteiger partial charge in [-0.15, -0.1) is 0 Å². The fourth-order valence-corrected chi connectivity index (χ4v) is 2.20. The molecule has 1 fully saturated rings. The van der Waals surface area contributed by atoms with E-state index in [2.05, 4.69) is 23.8 Å². The van der Waals surface area contributed by atoms with Crippen LogP contribution in [0.15, 0.2) is 12.4 Å². The fraction of sp³-hybridized carbons (Fsp3) is 0.615. The molecule has 18 heavy (non-hydrogen) atoms. The number of hydrogen-bond donors (Lipinski definition) is 1. The van der Waals surface area contributed by atoms with Gasteiger partial charge in [0.2, 0.25) is 0 Å². The molecule has 1 heterocycles. The summed E-state index contributed by atoms with van der Waals surface area (Å²) in [6, 6.07) is 0. The van der Waals surface area contributed by atoms with Crippen LogP contribution in [0.25, 0.3) is 0 Å². The van der Waals surface area contributed by atoms with Crippen LogP contribution < -0.4 is 5.73 Å². The van der Waals surface area contributed by atoms with Crippen LogP contribution in [0.3, 0.4) is 0 Å². The number of nitrogens with zero attached hydrogens (tertiary/aromatic N) is 2. The first kappa shape index (κ1) is 12.8.